The number of benzene rings is 2. The van der Waals surface area contributed by atoms with E-state index in [1.807, 2.05) is 55.6 Å². The minimum atomic E-state index is -0.263. The molecule has 5 nitrogen and oxygen atoms in total. The summed E-state index contributed by atoms with van der Waals surface area (Å²) >= 11 is 1.65. The molecule has 0 saturated carbocycles. The number of aryl methyl sites for hydroxylation is 1. The quantitative estimate of drug-likeness (QED) is 0.549. The normalized spacial score (nSPS) is 11.6. The van der Waals surface area contributed by atoms with E-state index in [0.29, 0.717) is 11.3 Å². The van der Waals surface area contributed by atoms with Crippen LogP contribution in [0, 0.1) is 6.92 Å². The highest BCUT2D eigenvalue weighted by atomic mass is 32.1. The van der Waals surface area contributed by atoms with Crippen LogP contribution in [0.5, 0.6) is 0 Å². The molecule has 3 N–H and O–H groups in total. The van der Waals surface area contributed by atoms with Crippen molar-refractivity contribution in [3.05, 3.63) is 82.0 Å². The van der Waals surface area contributed by atoms with E-state index in [1.54, 1.807) is 35.6 Å². The average Bonchev–Trinajstić information content (AvgIpc) is 3.21. The first-order chi connectivity index (χ1) is 13.5. The number of amides is 2. The fourth-order valence-corrected chi connectivity index (χ4v) is 3.55. The Labute approximate surface area is 168 Å². The van der Waals surface area contributed by atoms with Gasteiger partial charge >= 0.3 is 0 Å². The smallest absolute Gasteiger partial charge is 0.257 e. The van der Waals surface area contributed by atoms with Gasteiger partial charge in [0.05, 0.1) is 17.8 Å². The van der Waals surface area contributed by atoms with E-state index < -0.39 is 0 Å². The second-order valence-electron chi connectivity index (χ2n) is 6.54. The van der Waals surface area contributed by atoms with Gasteiger partial charge in [-0.3, -0.25) is 9.59 Å². The zero-order chi connectivity index (χ0) is 19.9. The lowest BCUT2D eigenvalue weighted by Crippen LogP contribution is -2.30. The number of carbonyl (C=O) groups is 2. The highest BCUT2D eigenvalue weighted by molar-refractivity contribution is 7.10. The Kier molecular flexibility index (Phi) is 6.57. The number of para-hydroxylation sites is 1. The summed E-state index contributed by atoms with van der Waals surface area (Å²) in [6.45, 7) is 4.14. The zero-order valence-electron chi connectivity index (χ0n) is 15.9. The van der Waals surface area contributed by atoms with Gasteiger partial charge in [-0.25, -0.2) is 0 Å². The number of carbonyl (C=O) groups excluding carboxylic acids is 2. The standard InChI is InChI=1S/C22H23N3O2S/c1-15-7-5-8-17(13-15)24-22(27)18-9-3-4-10-19(18)25-21(26)14-23-16(2)20-11-6-12-28-20/h3-13,16,23H,14H2,1-2H3,(H,24,27)(H,25,26). The first kappa shape index (κ1) is 19.8. The third-order valence-electron chi connectivity index (χ3n) is 4.26. The van der Waals surface area contributed by atoms with Crippen LogP contribution in [0.3, 0.4) is 0 Å². The van der Waals surface area contributed by atoms with Crippen molar-refractivity contribution in [2.24, 2.45) is 0 Å². The summed E-state index contributed by atoms with van der Waals surface area (Å²) in [5.74, 6) is -0.458. The monoisotopic (exact) mass is 393 g/mol. The van der Waals surface area contributed by atoms with Crippen molar-refractivity contribution in [1.82, 2.24) is 5.32 Å². The number of nitrogens with one attached hydrogen (secondary N) is 3. The van der Waals surface area contributed by atoms with E-state index in [9.17, 15) is 9.59 Å². The molecular weight excluding hydrogens is 370 g/mol. The summed E-state index contributed by atoms with van der Waals surface area (Å²) < 4.78 is 0. The Morgan fingerprint density at radius 3 is 2.57 bits per heavy atom. The van der Waals surface area contributed by atoms with Crippen LogP contribution < -0.4 is 16.0 Å². The van der Waals surface area contributed by atoms with Crippen LogP contribution in [0.4, 0.5) is 11.4 Å². The van der Waals surface area contributed by atoms with Crippen molar-refractivity contribution in [3.63, 3.8) is 0 Å². The number of hydrogen-bond donors (Lipinski definition) is 3. The molecule has 0 fully saturated rings. The molecule has 0 aliphatic carbocycles. The Morgan fingerprint density at radius 1 is 1.00 bits per heavy atom. The van der Waals surface area contributed by atoms with Gasteiger partial charge in [-0.1, -0.05) is 30.3 Å². The van der Waals surface area contributed by atoms with E-state index in [-0.39, 0.29) is 24.4 Å². The maximum absolute atomic E-state index is 12.7. The molecule has 0 aliphatic rings. The highest BCUT2D eigenvalue weighted by Gasteiger charge is 2.14. The van der Waals surface area contributed by atoms with E-state index in [0.717, 1.165) is 11.3 Å². The van der Waals surface area contributed by atoms with Gasteiger partial charge in [0.25, 0.3) is 5.91 Å². The summed E-state index contributed by atoms with van der Waals surface area (Å²) in [4.78, 5) is 26.2. The molecule has 1 heterocycles. The molecule has 0 saturated heterocycles. The SMILES string of the molecule is Cc1cccc(NC(=O)c2ccccc2NC(=O)CNC(C)c2cccs2)c1. The van der Waals surface area contributed by atoms with Gasteiger partial charge in [0.15, 0.2) is 0 Å². The molecular formula is C22H23N3O2S. The lowest BCUT2D eigenvalue weighted by atomic mass is 10.1. The van der Waals surface area contributed by atoms with E-state index in [1.165, 1.54) is 4.88 Å². The van der Waals surface area contributed by atoms with Gasteiger partial charge < -0.3 is 16.0 Å². The largest absolute Gasteiger partial charge is 0.324 e. The number of thiophene rings is 1. The molecule has 0 radical (unpaired) electrons. The lowest BCUT2D eigenvalue weighted by Gasteiger charge is -2.14. The van der Waals surface area contributed by atoms with Crippen molar-refractivity contribution in [3.8, 4) is 0 Å². The molecule has 3 aromatic rings. The zero-order valence-corrected chi connectivity index (χ0v) is 16.7. The summed E-state index contributed by atoms with van der Waals surface area (Å²) in [7, 11) is 0. The van der Waals surface area contributed by atoms with Crippen molar-refractivity contribution >= 4 is 34.5 Å². The molecule has 0 bridgehead atoms. The molecule has 3 rings (SSSR count). The summed E-state index contributed by atoms with van der Waals surface area (Å²) in [6.07, 6.45) is 0. The molecule has 1 aromatic heterocycles. The predicted octanol–water partition coefficient (Wildman–Crippen LogP) is 4.60. The topological polar surface area (TPSA) is 70.2 Å². The maximum atomic E-state index is 12.7. The minimum absolute atomic E-state index is 0.0885. The predicted molar refractivity (Wildman–Crippen MR) is 115 cm³/mol. The van der Waals surface area contributed by atoms with Crippen LogP contribution in [0.15, 0.2) is 66.0 Å². The molecule has 6 heteroatoms. The van der Waals surface area contributed by atoms with Crippen molar-refractivity contribution in [2.45, 2.75) is 19.9 Å². The van der Waals surface area contributed by atoms with Crippen LogP contribution in [0.1, 0.15) is 33.8 Å². The van der Waals surface area contributed by atoms with Crippen LogP contribution >= 0.6 is 11.3 Å². The van der Waals surface area contributed by atoms with Crippen LogP contribution in [0.2, 0.25) is 0 Å². The first-order valence-corrected chi connectivity index (χ1v) is 9.94. The average molecular weight is 394 g/mol. The lowest BCUT2D eigenvalue weighted by molar-refractivity contribution is -0.115. The second kappa shape index (κ2) is 9.30. The molecule has 2 amide bonds. The molecule has 144 valence electrons. The Hall–Kier alpha value is -2.96. The number of hydrogen-bond acceptors (Lipinski definition) is 4. The fraction of sp³-hybridized carbons (Fsp3) is 0.182. The van der Waals surface area contributed by atoms with Gasteiger partial charge in [0.1, 0.15) is 0 Å². The van der Waals surface area contributed by atoms with Gasteiger partial charge in [0.2, 0.25) is 5.91 Å². The summed E-state index contributed by atoms with van der Waals surface area (Å²) in [5, 5.41) is 10.9. The van der Waals surface area contributed by atoms with Gasteiger partial charge in [-0.05, 0) is 55.1 Å². The molecule has 1 atom stereocenters. The highest BCUT2D eigenvalue weighted by Crippen LogP contribution is 2.19. The first-order valence-electron chi connectivity index (χ1n) is 9.06. The molecule has 0 spiro atoms. The Morgan fingerprint density at radius 2 is 1.82 bits per heavy atom. The third-order valence-corrected chi connectivity index (χ3v) is 5.32. The van der Waals surface area contributed by atoms with Crippen LogP contribution in [-0.4, -0.2) is 18.4 Å². The van der Waals surface area contributed by atoms with E-state index in [2.05, 4.69) is 16.0 Å². The van der Waals surface area contributed by atoms with Crippen molar-refractivity contribution in [1.29, 1.82) is 0 Å². The Balaban J connectivity index is 1.63. The minimum Gasteiger partial charge on any atom is -0.324 e. The van der Waals surface area contributed by atoms with Gasteiger partial charge in [-0.15, -0.1) is 11.3 Å². The number of anilines is 2. The van der Waals surface area contributed by atoms with Crippen LogP contribution in [-0.2, 0) is 4.79 Å². The maximum Gasteiger partial charge on any atom is 0.257 e. The van der Waals surface area contributed by atoms with Crippen LogP contribution in [0.25, 0.3) is 0 Å². The van der Waals surface area contributed by atoms with E-state index >= 15 is 0 Å². The molecule has 0 aliphatic heterocycles. The van der Waals surface area contributed by atoms with Crippen molar-refractivity contribution in [2.75, 3.05) is 17.2 Å². The van der Waals surface area contributed by atoms with E-state index in [4.69, 9.17) is 0 Å². The summed E-state index contributed by atoms with van der Waals surface area (Å²) in [5.41, 5.74) is 2.69. The molecule has 1 unspecified atom stereocenters. The Bertz CT molecular complexity index is 954. The molecule has 28 heavy (non-hydrogen) atoms. The van der Waals surface area contributed by atoms with Crippen molar-refractivity contribution < 1.29 is 9.59 Å². The fourth-order valence-electron chi connectivity index (χ4n) is 2.79. The second-order valence-corrected chi connectivity index (χ2v) is 7.51. The molecule has 2 aromatic carbocycles. The summed E-state index contributed by atoms with van der Waals surface area (Å²) in [6, 6.07) is 18.7. The van der Waals surface area contributed by atoms with Gasteiger partial charge in [0, 0.05) is 16.6 Å². The van der Waals surface area contributed by atoms with Gasteiger partial charge in [-0.2, -0.15) is 0 Å². The third kappa shape index (κ3) is 5.28. The number of rotatable bonds is 7.